The van der Waals surface area contributed by atoms with Crippen molar-refractivity contribution < 1.29 is 28.5 Å². The van der Waals surface area contributed by atoms with Gasteiger partial charge >= 0.3 is 17.9 Å². The SMILES string of the molecule is CC(=O)OC[C@@H]1O[C@@H]2[C@H](Oc3nc(=O)ccn32)[C@H]1OC(C)=O. The average Bonchev–Trinajstić information content (AvgIpc) is 2.92. The highest BCUT2D eigenvalue weighted by Crippen LogP contribution is 2.40. The molecule has 2 aliphatic rings. The molecule has 1 aromatic heterocycles. The number of hydrogen-bond acceptors (Lipinski definition) is 8. The Labute approximate surface area is 124 Å². The Balaban J connectivity index is 1.84. The van der Waals surface area contributed by atoms with Crippen molar-refractivity contribution in [3.63, 3.8) is 0 Å². The van der Waals surface area contributed by atoms with Crippen LogP contribution in [-0.2, 0) is 23.8 Å². The number of hydrogen-bond donors (Lipinski definition) is 0. The topological polar surface area (TPSA) is 106 Å². The van der Waals surface area contributed by atoms with Crippen molar-refractivity contribution in [2.45, 2.75) is 38.4 Å². The second-order valence-corrected chi connectivity index (χ2v) is 4.98. The van der Waals surface area contributed by atoms with E-state index in [2.05, 4.69) is 4.98 Å². The molecule has 0 aliphatic carbocycles. The smallest absolute Gasteiger partial charge is 0.303 e. The Hall–Kier alpha value is -2.42. The van der Waals surface area contributed by atoms with Gasteiger partial charge in [-0.2, -0.15) is 4.98 Å². The maximum atomic E-state index is 11.3. The minimum absolute atomic E-state index is 0.0629. The molecule has 2 aliphatic heterocycles. The van der Waals surface area contributed by atoms with Gasteiger partial charge in [0.1, 0.15) is 12.7 Å². The van der Waals surface area contributed by atoms with Crippen molar-refractivity contribution in [1.29, 1.82) is 0 Å². The van der Waals surface area contributed by atoms with Crippen molar-refractivity contribution in [1.82, 2.24) is 9.55 Å². The lowest BCUT2D eigenvalue weighted by molar-refractivity contribution is -0.157. The molecule has 9 nitrogen and oxygen atoms in total. The number of carbonyl (C=O) groups is 2. The van der Waals surface area contributed by atoms with Crippen LogP contribution in [0.25, 0.3) is 0 Å². The van der Waals surface area contributed by atoms with E-state index in [9.17, 15) is 14.4 Å². The Bertz CT molecular complexity index is 671. The molecule has 0 bridgehead atoms. The van der Waals surface area contributed by atoms with Crippen LogP contribution < -0.4 is 10.3 Å². The third kappa shape index (κ3) is 2.54. The van der Waals surface area contributed by atoms with E-state index >= 15 is 0 Å². The van der Waals surface area contributed by atoms with E-state index < -0.39 is 42.0 Å². The fourth-order valence-electron chi connectivity index (χ4n) is 2.52. The fraction of sp³-hybridized carbons (Fsp3) is 0.538. The normalized spacial score (nSPS) is 28.5. The molecule has 1 saturated heterocycles. The predicted octanol–water partition coefficient (Wildman–Crippen LogP) is -0.604. The molecular formula is C13H14N2O7. The van der Waals surface area contributed by atoms with Crippen LogP contribution in [0.3, 0.4) is 0 Å². The number of fused-ring (bicyclic) bond motifs is 3. The third-order valence-corrected chi connectivity index (χ3v) is 3.36. The largest absolute Gasteiger partial charge is 0.463 e. The Morgan fingerprint density at radius 1 is 1.36 bits per heavy atom. The van der Waals surface area contributed by atoms with E-state index in [4.69, 9.17) is 18.9 Å². The number of esters is 2. The second-order valence-electron chi connectivity index (χ2n) is 4.98. The van der Waals surface area contributed by atoms with Crippen molar-refractivity contribution in [3.05, 3.63) is 22.6 Å². The summed E-state index contributed by atoms with van der Waals surface area (Å²) in [5.74, 6) is -0.974. The highest BCUT2D eigenvalue weighted by atomic mass is 16.7. The molecule has 0 unspecified atom stereocenters. The zero-order valence-electron chi connectivity index (χ0n) is 11.9. The summed E-state index contributed by atoms with van der Waals surface area (Å²) in [5, 5.41) is 0. The molecule has 3 rings (SSSR count). The molecule has 4 atom stereocenters. The molecule has 1 aromatic rings. The highest BCUT2D eigenvalue weighted by Gasteiger charge is 2.54. The molecule has 0 radical (unpaired) electrons. The maximum Gasteiger partial charge on any atom is 0.303 e. The molecule has 0 saturated carbocycles. The van der Waals surface area contributed by atoms with E-state index in [1.807, 2.05) is 0 Å². The minimum atomic E-state index is -0.765. The fourth-order valence-corrected chi connectivity index (χ4v) is 2.52. The standard InChI is InChI=1S/C13H14N2O7/c1-6(16)19-5-8-10(20-7(2)17)11-12(21-8)15-4-3-9(18)14-13(15)22-11/h3-4,8,10-12H,5H2,1-2H3/t8-,10-,11+,12+/m0/s1. The first kappa shape index (κ1) is 14.5. The predicted molar refractivity (Wildman–Crippen MR) is 69.0 cm³/mol. The second kappa shape index (κ2) is 5.41. The van der Waals surface area contributed by atoms with E-state index in [1.54, 1.807) is 0 Å². The molecule has 22 heavy (non-hydrogen) atoms. The van der Waals surface area contributed by atoms with Gasteiger partial charge in [-0.1, -0.05) is 0 Å². The first-order chi connectivity index (χ1) is 10.5. The quantitative estimate of drug-likeness (QED) is 0.681. The Kier molecular flexibility index (Phi) is 3.57. The van der Waals surface area contributed by atoms with Gasteiger partial charge in [-0.15, -0.1) is 0 Å². The average molecular weight is 310 g/mol. The van der Waals surface area contributed by atoms with E-state index in [0.717, 1.165) is 0 Å². The number of rotatable bonds is 3. The summed E-state index contributed by atoms with van der Waals surface area (Å²) in [4.78, 5) is 37.2. The van der Waals surface area contributed by atoms with Gasteiger partial charge in [0, 0.05) is 26.1 Å². The van der Waals surface area contributed by atoms with Gasteiger partial charge in [0.15, 0.2) is 18.4 Å². The van der Waals surface area contributed by atoms with E-state index in [1.165, 1.54) is 30.7 Å². The molecule has 3 heterocycles. The molecule has 0 spiro atoms. The van der Waals surface area contributed by atoms with Crippen LogP contribution in [0.1, 0.15) is 20.1 Å². The number of aromatic nitrogens is 2. The highest BCUT2D eigenvalue weighted by molar-refractivity contribution is 5.66. The lowest BCUT2D eigenvalue weighted by Gasteiger charge is -2.20. The summed E-state index contributed by atoms with van der Waals surface area (Å²) in [7, 11) is 0. The zero-order valence-corrected chi connectivity index (χ0v) is 11.9. The van der Waals surface area contributed by atoms with Crippen LogP contribution in [0.2, 0.25) is 0 Å². The third-order valence-electron chi connectivity index (χ3n) is 3.36. The summed E-state index contributed by atoms with van der Waals surface area (Å²) in [6.07, 6.45) is -1.19. The van der Waals surface area contributed by atoms with Crippen molar-refractivity contribution in [3.8, 4) is 6.01 Å². The maximum absolute atomic E-state index is 11.3. The Morgan fingerprint density at radius 2 is 2.14 bits per heavy atom. The first-order valence-corrected chi connectivity index (χ1v) is 6.67. The van der Waals surface area contributed by atoms with Crippen molar-refractivity contribution >= 4 is 11.9 Å². The monoisotopic (exact) mass is 310 g/mol. The van der Waals surface area contributed by atoms with Crippen LogP contribution in [0.4, 0.5) is 0 Å². The lowest BCUT2D eigenvalue weighted by atomic mass is 10.1. The van der Waals surface area contributed by atoms with Gasteiger partial charge in [-0.25, -0.2) is 0 Å². The number of carbonyl (C=O) groups excluding carboxylic acids is 2. The summed E-state index contributed by atoms with van der Waals surface area (Å²) in [6, 6.07) is 1.38. The van der Waals surface area contributed by atoms with E-state index in [-0.39, 0.29) is 12.6 Å². The minimum Gasteiger partial charge on any atom is -0.463 e. The molecule has 1 fully saturated rings. The van der Waals surface area contributed by atoms with Gasteiger partial charge < -0.3 is 18.9 Å². The zero-order chi connectivity index (χ0) is 15.9. The first-order valence-electron chi connectivity index (χ1n) is 6.67. The number of nitrogens with zero attached hydrogens (tertiary/aromatic N) is 2. The van der Waals surface area contributed by atoms with Crippen molar-refractivity contribution in [2.75, 3.05) is 6.61 Å². The molecule has 0 amide bonds. The van der Waals surface area contributed by atoms with Crippen molar-refractivity contribution in [2.24, 2.45) is 0 Å². The molecule has 9 heteroatoms. The van der Waals surface area contributed by atoms with Crippen LogP contribution in [0.5, 0.6) is 6.01 Å². The van der Waals surface area contributed by atoms with E-state index in [0.29, 0.717) is 0 Å². The van der Waals surface area contributed by atoms with Gasteiger partial charge in [-0.05, 0) is 0 Å². The lowest BCUT2D eigenvalue weighted by Crippen LogP contribution is -2.39. The van der Waals surface area contributed by atoms with Gasteiger partial charge in [0.25, 0.3) is 5.56 Å². The van der Waals surface area contributed by atoms with Gasteiger partial charge in [-0.3, -0.25) is 19.0 Å². The molecule has 0 aromatic carbocycles. The van der Waals surface area contributed by atoms with Gasteiger partial charge in [0.2, 0.25) is 0 Å². The summed E-state index contributed by atoms with van der Waals surface area (Å²) < 4.78 is 23.0. The molecule has 118 valence electrons. The van der Waals surface area contributed by atoms with Crippen LogP contribution in [-0.4, -0.2) is 46.4 Å². The molecule has 0 N–H and O–H groups in total. The van der Waals surface area contributed by atoms with Crippen LogP contribution in [0, 0.1) is 0 Å². The van der Waals surface area contributed by atoms with Gasteiger partial charge in [0.05, 0.1) is 0 Å². The Morgan fingerprint density at radius 3 is 2.82 bits per heavy atom. The number of ether oxygens (including phenoxy) is 4. The summed E-state index contributed by atoms with van der Waals surface area (Å²) in [5.41, 5.74) is -0.438. The van der Waals surface area contributed by atoms with Crippen LogP contribution in [0.15, 0.2) is 17.1 Å². The summed E-state index contributed by atoms with van der Waals surface area (Å²) in [6.45, 7) is 2.48. The van der Waals surface area contributed by atoms with Crippen LogP contribution >= 0.6 is 0 Å². The molecular weight excluding hydrogens is 296 g/mol. The summed E-state index contributed by atoms with van der Waals surface area (Å²) >= 11 is 0.